The number of aromatic amines is 1. The summed E-state index contributed by atoms with van der Waals surface area (Å²) in [5.41, 5.74) is 14.0. The first-order valence-electron chi connectivity index (χ1n) is 15.7. The summed E-state index contributed by atoms with van der Waals surface area (Å²) in [5, 5.41) is 3.55. The molecule has 6 rings (SSSR count). The first-order valence-corrected chi connectivity index (χ1v) is 18.1. The van der Waals surface area contributed by atoms with Crippen LogP contribution in [0.25, 0.3) is 28.2 Å². The normalized spacial score (nSPS) is 19.2. The number of aromatic nitrogens is 4. The number of pyridine rings is 1. The Bertz CT molecular complexity index is 1900. The SMILES string of the molecule is CCS(=O)(=O)N1CC[C@H](Nc2c(Br)cnc3nc(-c4cc(C)n(-c5cc(C(C(N)=O)N6CCN(C)CC6)ccc5C)c4C)[nH]c23)C1. The summed E-state index contributed by atoms with van der Waals surface area (Å²) in [6.45, 7) is 12.1. The highest BCUT2D eigenvalue weighted by Crippen LogP contribution is 2.36. The smallest absolute Gasteiger partial charge is 0.239 e. The highest BCUT2D eigenvalue weighted by Gasteiger charge is 2.32. The summed E-state index contributed by atoms with van der Waals surface area (Å²) in [6, 6.07) is 7.74. The third kappa shape index (κ3) is 6.08. The maximum absolute atomic E-state index is 12.8. The van der Waals surface area contributed by atoms with Crippen LogP contribution in [0.2, 0.25) is 0 Å². The number of nitrogens with one attached hydrogen (secondary N) is 2. The average Bonchev–Trinajstić information content (AvgIpc) is 3.74. The van der Waals surface area contributed by atoms with Gasteiger partial charge in [-0.25, -0.2) is 18.4 Å². The van der Waals surface area contributed by atoms with E-state index in [0.29, 0.717) is 31.0 Å². The third-order valence-corrected chi connectivity index (χ3v) is 11.8. The molecule has 0 spiro atoms. The number of nitrogens with two attached hydrogens (primary N) is 1. The number of likely N-dealkylation sites (N-methyl/N-ethyl adjacent to an activating group) is 1. The molecule has 2 fully saturated rings. The number of carbonyl (C=O) groups excluding carboxylic acids is 1. The van der Waals surface area contributed by atoms with Crippen molar-refractivity contribution in [2.75, 3.05) is 57.4 Å². The molecule has 0 saturated carbocycles. The molecule has 4 N–H and O–H groups in total. The first-order chi connectivity index (χ1) is 21.9. The molecule has 1 amide bonds. The van der Waals surface area contributed by atoms with E-state index in [4.69, 9.17) is 10.7 Å². The Hall–Kier alpha value is -3.30. The summed E-state index contributed by atoms with van der Waals surface area (Å²) in [5.74, 6) is 0.436. The zero-order valence-electron chi connectivity index (χ0n) is 27.0. The third-order valence-electron chi connectivity index (χ3n) is 9.38. The summed E-state index contributed by atoms with van der Waals surface area (Å²) in [7, 11) is -1.15. The van der Waals surface area contributed by atoms with Gasteiger partial charge in [0, 0.05) is 74.1 Å². The number of nitrogens with zero attached hydrogens (tertiary/aromatic N) is 6. The molecule has 0 aliphatic carbocycles. The average molecular weight is 713 g/mol. The van der Waals surface area contributed by atoms with Gasteiger partial charge in [0.15, 0.2) is 5.65 Å². The highest BCUT2D eigenvalue weighted by atomic mass is 79.9. The van der Waals surface area contributed by atoms with Gasteiger partial charge in [-0.2, -0.15) is 4.31 Å². The number of aryl methyl sites for hydroxylation is 2. The number of carbonyl (C=O) groups is 1. The van der Waals surface area contributed by atoms with Crippen LogP contribution in [0.15, 0.2) is 34.9 Å². The van der Waals surface area contributed by atoms with E-state index in [1.165, 1.54) is 0 Å². The van der Waals surface area contributed by atoms with Crippen molar-refractivity contribution in [3.05, 3.63) is 57.4 Å². The van der Waals surface area contributed by atoms with Gasteiger partial charge in [-0.05, 0) is 80.4 Å². The molecule has 246 valence electrons. The van der Waals surface area contributed by atoms with Crippen LogP contribution in [-0.4, -0.2) is 106 Å². The number of anilines is 1. The lowest BCUT2D eigenvalue weighted by atomic mass is 10.0. The predicted molar refractivity (Wildman–Crippen MR) is 185 cm³/mol. The van der Waals surface area contributed by atoms with Crippen LogP contribution in [0, 0.1) is 20.8 Å². The van der Waals surface area contributed by atoms with E-state index in [1.807, 2.05) is 6.07 Å². The van der Waals surface area contributed by atoms with Crippen molar-refractivity contribution in [2.45, 2.75) is 46.2 Å². The topological polar surface area (TPSA) is 145 Å². The highest BCUT2D eigenvalue weighted by molar-refractivity contribution is 9.10. The quantitative estimate of drug-likeness (QED) is 0.238. The molecule has 1 aromatic carbocycles. The molecular weight excluding hydrogens is 670 g/mol. The van der Waals surface area contributed by atoms with E-state index in [1.54, 1.807) is 17.4 Å². The molecule has 0 bridgehead atoms. The van der Waals surface area contributed by atoms with E-state index in [-0.39, 0.29) is 17.7 Å². The van der Waals surface area contributed by atoms with Crippen LogP contribution < -0.4 is 11.1 Å². The number of rotatable bonds is 9. The van der Waals surface area contributed by atoms with Crippen molar-refractivity contribution in [3.8, 4) is 17.1 Å². The second-order valence-electron chi connectivity index (χ2n) is 12.5. The molecule has 14 heteroatoms. The van der Waals surface area contributed by atoms with Crippen molar-refractivity contribution in [1.29, 1.82) is 0 Å². The van der Waals surface area contributed by atoms with E-state index >= 15 is 0 Å². The van der Waals surface area contributed by atoms with Crippen molar-refractivity contribution in [3.63, 3.8) is 0 Å². The molecule has 3 aromatic heterocycles. The molecule has 2 saturated heterocycles. The van der Waals surface area contributed by atoms with Gasteiger partial charge in [0.2, 0.25) is 15.9 Å². The Kier molecular flexibility index (Phi) is 9.02. The summed E-state index contributed by atoms with van der Waals surface area (Å²) in [6.07, 6.45) is 2.43. The van der Waals surface area contributed by atoms with Gasteiger partial charge in [0.05, 0.1) is 15.9 Å². The maximum Gasteiger partial charge on any atom is 0.239 e. The number of hydrogen-bond acceptors (Lipinski definition) is 8. The fourth-order valence-corrected chi connectivity index (χ4v) is 8.30. The maximum atomic E-state index is 12.8. The van der Waals surface area contributed by atoms with Gasteiger partial charge >= 0.3 is 0 Å². The van der Waals surface area contributed by atoms with Gasteiger partial charge in [-0.15, -0.1) is 0 Å². The fourth-order valence-electron chi connectivity index (χ4n) is 6.73. The van der Waals surface area contributed by atoms with Crippen LogP contribution in [-0.2, 0) is 14.8 Å². The van der Waals surface area contributed by atoms with E-state index < -0.39 is 16.1 Å². The number of benzene rings is 1. The number of fused-ring (bicyclic) bond motifs is 1. The standard InChI is InChI=1S/C32H42BrN9O3S/c1-6-46(44,45)41-10-9-23(18-41)36-27-25(33)17-35-32-28(27)37-31(38-32)24-15-20(3)42(21(24)4)26-16-22(8-7-19(26)2)29(30(34)43)40-13-11-39(5)12-14-40/h7-8,15-17,23,29H,6,9-14,18H2,1-5H3,(H2,34,43)(H2,35,36,37,38)/t23-,29?/m0/s1. The van der Waals surface area contributed by atoms with Crippen LogP contribution in [0.5, 0.6) is 0 Å². The predicted octanol–water partition coefficient (Wildman–Crippen LogP) is 3.71. The van der Waals surface area contributed by atoms with Gasteiger partial charge in [0.1, 0.15) is 17.4 Å². The monoisotopic (exact) mass is 711 g/mol. The van der Waals surface area contributed by atoms with Crippen molar-refractivity contribution >= 4 is 48.7 Å². The number of primary amides is 1. The molecular formula is C32H42BrN9O3S. The van der Waals surface area contributed by atoms with Crippen molar-refractivity contribution in [2.24, 2.45) is 5.73 Å². The largest absolute Gasteiger partial charge is 0.378 e. The minimum Gasteiger partial charge on any atom is -0.378 e. The minimum atomic E-state index is -3.24. The number of amides is 1. The second-order valence-corrected chi connectivity index (χ2v) is 15.6. The summed E-state index contributed by atoms with van der Waals surface area (Å²) >= 11 is 3.64. The van der Waals surface area contributed by atoms with Crippen LogP contribution in [0.3, 0.4) is 0 Å². The zero-order valence-corrected chi connectivity index (χ0v) is 29.4. The fraction of sp³-hybridized carbons (Fsp3) is 0.469. The molecule has 2 atom stereocenters. The molecule has 0 radical (unpaired) electrons. The summed E-state index contributed by atoms with van der Waals surface area (Å²) in [4.78, 5) is 30.1. The number of H-pyrrole nitrogens is 1. The van der Waals surface area contributed by atoms with Crippen LogP contribution in [0.4, 0.5) is 5.69 Å². The van der Waals surface area contributed by atoms with Gasteiger partial charge in [0.25, 0.3) is 0 Å². The van der Waals surface area contributed by atoms with Gasteiger partial charge in [-0.3, -0.25) is 9.69 Å². The minimum absolute atomic E-state index is 0.0367. The lowest BCUT2D eigenvalue weighted by Gasteiger charge is -2.37. The Balaban J connectivity index is 1.33. The first kappa shape index (κ1) is 32.6. The Morgan fingerprint density at radius 2 is 1.89 bits per heavy atom. The van der Waals surface area contributed by atoms with Gasteiger partial charge < -0.3 is 25.5 Å². The number of imidazole rings is 1. The number of halogens is 1. The molecule has 12 nitrogen and oxygen atoms in total. The van der Waals surface area contributed by atoms with E-state index in [9.17, 15) is 13.2 Å². The molecule has 46 heavy (non-hydrogen) atoms. The number of hydrogen-bond donors (Lipinski definition) is 3. The van der Waals surface area contributed by atoms with Gasteiger partial charge in [-0.1, -0.05) is 12.1 Å². The number of sulfonamides is 1. The van der Waals surface area contributed by atoms with E-state index in [2.05, 4.69) is 91.6 Å². The molecule has 5 heterocycles. The Morgan fingerprint density at radius 3 is 2.59 bits per heavy atom. The Labute approximate surface area is 278 Å². The van der Waals surface area contributed by atoms with Crippen LogP contribution in [0.1, 0.15) is 41.9 Å². The Morgan fingerprint density at radius 1 is 1.15 bits per heavy atom. The lowest BCUT2D eigenvalue weighted by molar-refractivity contribution is -0.124. The van der Waals surface area contributed by atoms with Crippen molar-refractivity contribution < 1.29 is 13.2 Å². The van der Waals surface area contributed by atoms with Crippen LogP contribution >= 0.6 is 15.9 Å². The summed E-state index contributed by atoms with van der Waals surface area (Å²) < 4.78 is 29.4. The second kappa shape index (κ2) is 12.7. The zero-order chi connectivity index (χ0) is 32.9. The van der Waals surface area contributed by atoms with E-state index in [0.717, 1.165) is 75.6 Å². The number of piperazine rings is 1. The van der Waals surface area contributed by atoms with Crippen molar-refractivity contribution in [1.82, 2.24) is 33.6 Å². The lowest BCUT2D eigenvalue weighted by Crippen LogP contribution is -2.49. The molecule has 2 aliphatic rings. The molecule has 2 aliphatic heterocycles. The molecule has 1 unspecified atom stereocenters. The molecule has 4 aromatic rings.